The highest BCUT2D eigenvalue weighted by molar-refractivity contribution is 5.70. The third kappa shape index (κ3) is 5.01. The standard InChI is InChI=1S/C33H36N6/c1-2-12-27(13-3-1)39-32-15-7-6-14-28(32)37-31-21-29(36-25-9-8-18-34-23-25)30(22-33(31)39)35-24-16-19-38(20-17-24)26-10-4-5-11-26/h1-3,8-9,12-15,18,21-24,26,36H,4-7,10-11,16-17,19-20H2. The first-order valence-electron chi connectivity index (χ1n) is 14.6. The second kappa shape index (κ2) is 10.8. The maximum atomic E-state index is 5.40. The lowest BCUT2D eigenvalue weighted by Crippen LogP contribution is -2.42. The molecular formula is C33H36N6. The van der Waals surface area contributed by atoms with E-state index in [9.17, 15) is 0 Å². The summed E-state index contributed by atoms with van der Waals surface area (Å²) in [7, 11) is 0. The predicted molar refractivity (Wildman–Crippen MR) is 158 cm³/mol. The first kappa shape index (κ1) is 24.3. The molecule has 6 nitrogen and oxygen atoms in total. The molecular weight excluding hydrogens is 480 g/mol. The number of fused-ring (bicyclic) bond motifs is 2. The average Bonchev–Trinajstić information content (AvgIpc) is 3.53. The molecule has 2 fully saturated rings. The average molecular weight is 517 g/mol. The number of likely N-dealkylation sites (tertiary alicyclic amines) is 1. The summed E-state index contributed by atoms with van der Waals surface area (Å²) in [5.74, 6) is 0. The first-order chi connectivity index (χ1) is 19.3. The van der Waals surface area contributed by atoms with Gasteiger partial charge in [-0.3, -0.25) is 9.98 Å². The molecule has 1 N–H and O–H groups in total. The van der Waals surface area contributed by atoms with Gasteiger partial charge in [0.05, 0.1) is 51.1 Å². The van der Waals surface area contributed by atoms with Gasteiger partial charge in [0.25, 0.3) is 0 Å². The maximum Gasteiger partial charge on any atom is 0.0900 e. The molecule has 1 aromatic carbocycles. The third-order valence-corrected chi connectivity index (χ3v) is 8.54. The minimum Gasteiger partial charge on any atom is -0.352 e. The number of para-hydroxylation sites is 1. The van der Waals surface area contributed by atoms with Gasteiger partial charge in [-0.15, -0.1) is 0 Å². The van der Waals surface area contributed by atoms with Crippen LogP contribution in [0.1, 0.15) is 51.4 Å². The Morgan fingerprint density at radius 3 is 2.49 bits per heavy atom. The van der Waals surface area contributed by atoms with E-state index >= 15 is 0 Å². The maximum absolute atomic E-state index is 5.40. The fourth-order valence-electron chi connectivity index (χ4n) is 6.55. The van der Waals surface area contributed by atoms with Crippen LogP contribution in [0.4, 0.5) is 11.4 Å². The van der Waals surface area contributed by atoms with E-state index in [2.05, 4.69) is 74.4 Å². The number of piperidine rings is 1. The van der Waals surface area contributed by atoms with E-state index < -0.39 is 0 Å². The van der Waals surface area contributed by atoms with Crippen molar-refractivity contribution < 1.29 is 0 Å². The van der Waals surface area contributed by atoms with Crippen molar-refractivity contribution in [2.75, 3.05) is 18.4 Å². The number of aromatic nitrogens is 3. The van der Waals surface area contributed by atoms with Gasteiger partial charge in [0.15, 0.2) is 0 Å². The summed E-state index contributed by atoms with van der Waals surface area (Å²) in [5.41, 5.74) is 5.14. The van der Waals surface area contributed by atoms with Crippen molar-refractivity contribution in [3.63, 3.8) is 0 Å². The van der Waals surface area contributed by atoms with Crippen LogP contribution >= 0.6 is 0 Å². The number of nitrogens with zero attached hydrogens (tertiary/aromatic N) is 5. The summed E-state index contributed by atoms with van der Waals surface area (Å²) in [4.78, 5) is 17.6. The largest absolute Gasteiger partial charge is 0.352 e. The molecule has 3 aliphatic carbocycles. The molecule has 7 rings (SSSR count). The van der Waals surface area contributed by atoms with Gasteiger partial charge in [-0.05, 0) is 74.9 Å². The van der Waals surface area contributed by atoms with Crippen molar-refractivity contribution in [3.05, 3.63) is 83.0 Å². The Kier molecular flexibility index (Phi) is 6.71. The molecule has 1 saturated carbocycles. The zero-order valence-corrected chi connectivity index (χ0v) is 22.5. The van der Waals surface area contributed by atoms with Gasteiger partial charge in [0.1, 0.15) is 0 Å². The summed E-state index contributed by atoms with van der Waals surface area (Å²) in [6.07, 6.45) is 18.1. The smallest absolute Gasteiger partial charge is 0.0900 e. The number of rotatable bonds is 5. The van der Waals surface area contributed by atoms with Gasteiger partial charge in [-0.25, -0.2) is 4.98 Å². The van der Waals surface area contributed by atoms with E-state index in [1.54, 1.807) is 6.20 Å². The van der Waals surface area contributed by atoms with Gasteiger partial charge in [-0.2, -0.15) is 0 Å². The Morgan fingerprint density at radius 2 is 1.69 bits per heavy atom. The Bertz CT molecular complexity index is 1590. The molecule has 198 valence electrons. The Labute approximate surface area is 229 Å². The van der Waals surface area contributed by atoms with Crippen LogP contribution in [0.5, 0.6) is 0 Å². The van der Waals surface area contributed by atoms with Crippen molar-refractivity contribution in [1.82, 2.24) is 19.4 Å². The van der Waals surface area contributed by atoms with Crippen LogP contribution in [0.3, 0.4) is 0 Å². The van der Waals surface area contributed by atoms with Crippen LogP contribution in [-0.4, -0.2) is 44.6 Å². The van der Waals surface area contributed by atoms with E-state index in [0.29, 0.717) is 6.04 Å². The number of hydrogen-bond donors (Lipinski definition) is 1. The number of hydrogen-bond acceptors (Lipinski definition) is 5. The minimum atomic E-state index is 0.324. The lowest BCUT2D eigenvalue weighted by molar-refractivity contribution is 0.154. The molecule has 0 atom stereocenters. The van der Waals surface area contributed by atoms with Crippen molar-refractivity contribution in [3.8, 4) is 17.1 Å². The molecule has 5 aliphatic rings. The molecule has 0 bridgehead atoms. The van der Waals surface area contributed by atoms with Gasteiger partial charge >= 0.3 is 0 Å². The van der Waals surface area contributed by atoms with E-state index in [1.165, 1.54) is 31.0 Å². The van der Waals surface area contributed by atoms with Crippen LogP contribution in [0.15, 0.2) is 72.0 Å². The van der Waals surface area contributed by atoms with Crippen molar-refractivity contribution in [2.45, 2.75) is 63.5 Å². The van der Waals surface area contributed by atoms with E-state index in [-0.39, 0.29) is 0 Å². The Hall–Kier alpha value is -3.77. The molecule has 2 aromatic rings. The van der Waals surface area contributed by atoms with Crippen LogP contribution < -0.4 is 21.4 Å². The van der Waals surface area contributed by atoms with Gasteiger partial charge in [0, 0.05) is 31.0 Å². The van der Waals surface area contributed by atoms with Crippen molar-refractivity contribution in [2.24, 2.45) is 4.99 Å². The van der Waals surface area contributed by atoms with E-state index in [4.69, 9.17) is 9.98 Å². The number of nitrogens with one attached hydrogen (secondary N) is 1. The molecule has 0 spiro atoms. The highest BCUT2D eigenvalue weighted by Crippen LogP contribution is 2.28. The molecule has 39 heavy (non-hydrogen) atoms. The molecule has 1 aromatic heterocycles. The zero-order chi connectivity index (χ0) is 26.0. The zero-order valence-electron chi connectivity index (χ0n) is 22.5. The monoisotopic (exact) mass is 516 g/mol. The number of pyridine rings is 1. The summed E-state index contributed by atoms with van der Waals surface area (Å²) >= 11 is 0. The number of anilines is 2. The highest BCUT2D eigenvalue weighted by Gasteiger charge is 2.27. The quantitative estimate of drug-likeness (QED) is 0.415. The SMILES string of the molecule is C1=c2nc3cc(Nc4cccnc4)c(=NC4CCN(C5CCCC5)CC4)cc-3n(-c3ccccc3)c2=CCC1. The topological polar surface area (TPSA) is 58.3 Å². The summed E-state index contributed by atoms with van der Waals surface area (Å²) in [5, 5.41) is 6.83. The van der Waals surface area contributed by atoms with Gasteiger partial charge in [-0.1, -0.05) is 43.2 Å². The van der Waals surface area contributed by atoms with Crippen LogP contribution in [-0.2, 0) is 0 Å². The van der Waals surface area contributed by atoms with Gasteiger partial charge < -0.3 is 14.8 Å². The summed E-state index contributed by atoms with van der Waals surface area (Å²) in [6, 6.07) is 20.2. The molecule has 0 unspecified atom stereocenters. The van der Waals surface area contributed by atoms with Crippen molar-refractivity contribution in [1.29, 1.82) is 0 Å². The second-order valence-electron chi connectivity index (χ2n) is 11.1. The lowest BCUT2D eigenvalue weighted by atomic mass is 10.0. The Morgan fingerprint density at radius 1 is 0.872 bits per heavy atom. The minimum absolute atomic E-state index is 0.324. The normalized spacial score (nSPS) is 19.0. The fraction of sp³-hybridized carbons (Fsp3) is 0.364. The molecule has 0 amide bonds. The molecule has 0 radical (unpaired) electrons. The van der Waals surface area contributed by atoms with Crippen LogP contribution in [0, 0.1) is 0 Å². The van der Waals surface area contributed by atoms with Crippen LogP contribution in [0.2, 0.25) is 0 Å². The lowest BCUT2D eigenvalue weighted by Gasteiger charge is -2.34. The van der Waals surface area contributed by atoms with E-state index in [1.807, 2.05) is 18.3 Å². The summed E-state index contributed by atoms with van der Waals surface area (Å²) in [6.45, 7) is 2.31. The van der Waals surface area contributed by atoms with E-state index in [0.717, 1.165) is 84.0 Å². The summed E-state index contributed by atoms with van der Waals surface area (Å²) < 4.78 is 2.36. The second-order valence-corrected chi connectivity index (χ2v) is 11.1. The number of benzene rings is 2. The highest BCUT2D eigenvalue weighted by atomic mass is 15.2. The molecule has 3 heterocycles. The molecule has 2 aliphatic heterocycles. The molecule has 1 saturated heterocycles. The fourth-order valence-corrected chi connectivity index (χ4v) is 6.55. The first-order valence-corrected chi connectivity index (χ1v) is 14.6. The van der Waals surface area contributed by atoms with Crippen molar-refractivity contribution >= 4 is 23.5 Å². The molecule has 6 heteroatoms. The van der Waals surface area contributed by atoms with Gasteiger partial charge in [0.2, 0.25) is 0 Å². The van der Waals surface area contributed by atoms with Crippen LogP contribution in [0.25, 0.3) is 29.2 Å². The predicted octanol–water partition coefficient (Wildman–Crippen LogP) is 4.78. The third-order valence-electron chi connectivity index (χ3n) is 8.54. The Balaban J connectivity index is 1.36.